The molecule has 2 aliphatic heterocycles. The molecule has 0 aliphatic carbocycles. The minimum absolute atomic E-state index is 0.0286. The Morgan fingerprint density at radius 2 is 1.87 bits per heavy atom. The first-order valence-electron chi connectivity index (χ1n) is 10.8. The fraction of sp³-hybridized carbons (Fsp3) is 0.682. The number of benzene rings is 1. The highest BCUT2D eigenvalue weighted by molar-refractivity contribution is 7.86. The lowest BCUT2D eigenvalue weighted by molar-refractivity contribution is -0.150. The van der Waals surface area contributed by atoms with Gasteiger partial charge in [0, 0.05) is 19.6 Å². The molecule has 0 spiro atoms. The van der Waals surface area contributed by atoms with Crippen molar-refractivity contribution >= 4 is 16.0 Å². The number of likely N-dealkylation sites (tertiary alicyclic amines) is 1. The van der Waals surface area contributed by atoms with E-state index in [4.69, 9.17) is 18.4 Å². The maximum atomic E-state index is 12.7. The van der Waals surface area contributed by atoms with Gasteiger partial charge in [-0.15, -0.1) is 0 Å². The summed E-state index contributed by atoms with van der Waals surface area (Å²) in [5, 5.41) is 0. The molecule has 174 valence electrons. The molecule has 9 heteroatoms. The van der Waals surface area contributed by atoms with Gasteiger partial charge in [-0.05, 0) is 32.3 Å². The van der Waals surface area contributed by atoms with Crippen LogP contribution in [0.2, 0.25) is 0 Å². The van der Waals surface area contributed by atoms with Gasteiger partial charge in [0.2, 0.25) is 5.91 Å². The van der Waals surface area contributed by atoms with Gasteiger partial charge in [0.15, 0.2) is 5.79 Å². The second-order valence-corrected chi connectivity index (χ2v) is 10.2. The van der Waals surface area contributed by atoms with E-state index in [0.29, 0.717) is 26.2 Å². The lowest BCUT2D eigenvalue weighted by Gasteiger charge is -2.38. The first-order valence-corrected chi connectivity index (χ1v) is 12.6. The van der Waals surface area contributed by atoms with Crippen LogP contribution in [0.5, 0.6) is 0 Å². The van der Waals surface area contributed by atoms with Crippen molar-refractivity contribution in [3.63, 3.8) is 0 Å². The molecule has 0 radical (unpaired) electrons. The van der Waals surface area contributed by atoms with Gasteiger partial charge in [0.25, 0.3) is 10.1 Å². The molecule has 31 heavy (non-hydrogen) atoms. The second kappa shape index (κ2) is 10.4. The Bertz CT molecular complexity index is 828. The van der Waals surface area contributed by atoms with Crippen molar-refractivity contribution in [2.75, 3.05) is 26.0 Å². The number of fused-ring (bicyclic) bond motifs is 1. The summed E-state index contributed by atoms with van der Waals surface area (Å²) < 4.78 is 46.0. The molecule has 1 aromatic carbocycles. The van der Waals surface area contributed by atoms with Crippen LogP contribution < -0.4 is 0 Å². The Hall–Kier alpha value is -1.52. The zero-order valence-electron chi connectivity index (χ0n) is 18.5. The van der Waals surface area contributed by atoms with E-state index >= 15 is 0 Å². The molecule has 0 unspecified atom stereocenters. The minimum Gasteiger partial charge on any atom is -0.377 e. The Labute approximate surface area is 184 Å². The van der Waals surface area contributed by atoms with Crippen LogP contribution >= 0.6 is 0 Å². The predicted octanol–water partition coefficient (Wildman–Crippen LogP) is 2.47. The third-order valence-corrected chi connectivity index (χ3v) is 5.93. The number of rotatable bonds is 10. The van der Waals surface area contributed by atoms with Crippen LogP contribution in [0.15, 0.2) is 30.3 Å². The van der Waals surface area contributed by atoms with E-state index in [1.54, 1.807) is 18.7 Å². The van der Waals surface area contributed by atoms with Gasteiger partial charge in [0.1, 0.15) is 18.3 Å². The third kappa shape index (κ3) is 7.54. The number of hydrogen-bond donors (Lipinski definition) is 0. The van der Waals surface area contributed by atoms with Crippen molar-refractivity contribution in [1.29, 1.82) is 0 Å². The predicted molar refractivity (Wildman–Crippen MR) is 115 cm³/mol. The lowest BCUT2D eigenvalue weighted by Crippen LogP contribution is -2.56. The van der Waals surface area contributed by atoms with Crippen molar-refractivity contribution in [1.82, 2.24) is 4.90 Å². The second-order valence-electron chi connectivity index (χ2n) is 8.62. The molecule has 0 N–H and O–H groups in total. The monoisotopic (exact) mass is 455 g/mol. The standard InChI is InChI=1S/C22H33NO7S/c1-22(2)28-18-14-23(15-19(21(18)29-22)30-31(3,25)26)20(24)12-8-5-9-13-27-16-17-10-6-4-7-11-17/h4,6-7,10-11,18-19,21H,5,8-9,12-16H2,1-3H3/t18-,19+,21-/m0/s1. The molecule has 0 bridgehead atoms. The van der Waals surface area contributed by atoms with Crippen LogP contribution in [0.4, 0.5) is 0 Å². The van der Waals surface area contributed by atoms with E-state index in [1.165, 1.54) is 0 Å². The molecule has 3 rings (SSSR count). The maximum Gasteiger partial charge on any atom is 0.264 e. The molecule has 1 amide bonds. The van der Waals surface area contributed by atoms with Crippen LogP contribution in [0, 0.1) is 0 Å². The molecular weight excluding hydrogens is 422 g/mol. The molecule has 3 atom stereocenters. The third-order valence-electron chi connectivity index (χ3n) is 5.33. The van der Waals surface area contributed by atoms with E-state index in [2.05, 4.69) is 0 Å². The molecule has 2 heterocycles. The topological polar surface area (TPSA) is 91.4 Å². The summed E-state index contributed by atoms with van der Waals surface area (Å²) in [5.74, 6) is -0.869. The highest BCUT2D eigenvalue weighted by atomic mass is 32.2. The number of carbonyl (C=O) groups excluding carboxylic acids is 1. The molecular formula is C22H33NO7S. The van der Waals surface area contributed by atoms with Crippen molar-refractivity contribution in [2.45, 2.75) is 70.2 Å². The summed E-state index contributed by atoms with van der Waals surface area (Å²) >= 11 is 0. The summed E-state index contributed by atoms with van der Waals surface area (Å²) in [6.45, 7) is 5.34. The van der Waals surface area contributed by atoms with Crippen molar-refractivity contribution in [2.24, 2.45) is 0 Å². The van der Waals surface area contributed by atoms with Gasteiger partial charge in [-0.3, -0.25) is 8.98 Å². The minimum atomic E-state index is -3.69. The number of hydrogen-bond acceptors (Lipinski definition) is 7. The lowest BCUT2D eigenvalue weighted by atomic mass is 10.0. The van der Waals surface area contributed by atoms with Crippen LogP contribution in [0.1, 0.15) is 45.1 Å². The van der Waals surface area contributed by atoms with Crippen molar-refractivity contribution in [3.05, 3.63) is 35.9 Å². The fourth-order valence-electron chi connectivity index (χ4n) is 4.03. The smallest absolute Gasteiger partial charge is 0.264 e. The summed E-state index contributed by atoms with van der Waals surface area (Å²) in [5.41, 5.74) is 1.15. The molecule has 2 saturated heterocycles. The quantitative estimate of drug-likeness (QED) is 0.395. The number of nitrogens with zero attached hydrogens (tertiary/aromatic N) is 1. The van der Waals surface area contributed by atoms with Gasteiger partial charge >= 0.3 is 0 Å². The highest BCUT2D eigenvalue weighted by Crippen LogP contribution is 2.35. The van der Waals surface area contributed by atoms with E-state index in [1.807, 2.05) is 30.3 Å². The summed E-state index contributed by atoms with van der Waals surface area (Å²) in [6, 6.07) is 10.0. The van der Waals surface area contributed by atoms with Gasteiger partial charge in [-0.25, -0.2) is 0 Å². The van der Waals surface area contributed by atoms with E-state index in [-0.39, 0.29) is 12.5 Å². The molecule has 1 aromatic rings. The van der Waals surface area contributed by atoms with Gasteiger partial charge in [-0.1, -0.05) is 36.8 Å². The Balaban J connectivity index is 1.41. The van der Waals surface area contributed by atoms with Gasteiger partial charge < -0.3 is 19.1 Å². The van der Waals surface area contributed by atoms with E-state index < -0.39 is 34.2 Å². The largest absolute Gasteiger partial charge is 0.377 e. The molecule has 8 nitrogen and oxygen atoms in total. The Morgan fingerprint density at radius 3 is 2.58 bits per heavy atom. The molecule has 0 aromatic heterocycles. The van der Waals surface area contributed by atoms with Gasteiger partial charge in [-0.2, -0.15) is 8.42 Å². The normalized spacial score (nSPS) is 25.4. The molecule has 2 fully saturated rings. The number of amides is 1. The van der Waals surface area contributed by atoms with Crippen LogP contribution in [-0.4, -0.2) is 69.3 Å². The average molecular weight is 456 g/mol. The first kappa shape index (κ1) is 24.1. The van der Waals surface area contributed by atoms with E-state index in [9.17, 15) is 13.2 Å². The van der Waals surface area contributed by atoms with Crippen molar-refractivity contribution < 1.29 is 31.6 Å². The maximum absolute atomic E-state index is 12.7. The zero-order chi connectivity index (χ0) is 22.5. The summed E-state index contributed by atoms with van der Waals surface area (Å²) in [7, 11) is -3.69. The zero-order valence-corrected chi connectivity index (χ0v) is 19.3. The first-order chi connectivity index (χ1) is 14.6. The average Bonchev–Trinajstić information content (AvgIpc) is 3.01. The van der Waals surface area contributed by atoms with E-state index in [0.717, 1.165) is 31.1 Å². The number of unbranched alkanes of at least 4 members (excludes halogenated alkanes) is 2. The fourth-order valence-corrected chi connectivity index (χ4v) is 4.64. The summed E-state index contributed by atoms with van der Waals surface area (Å²) in [6.07, 6.45) is 2.22. The Morgan fingerprint density at radius 1 is 1.13 bits per heavy atom. The summed E-state index contributed by atoms with van der Waals surface area (Å²) in [4.78, 5) is 14.4. The molecule has 2 aliphatic rings. The SMILES string of the molecule is CC1(C)O[C@H]2[C@H](CN(C(=O)CCCCCOCc3ccccc3)C[C@H]2OS(C)(=O)=O)O1. The van der Waals surface area contributed by atoms with Crippen LogP contribution in [-0.2, 0) is 39.9 Å². The number of carbonyl (C=O) groups is 1. The number of ether oxygens (including phenoxy) is 3. The van der Waals surface area contributed by atoms with Crippen LogP contribution in [0.3, 0.4) is 0 Å². The van der Waals surface area contributed by atoms with Crippen LogP contribution in [0.25, 0.3) is 0 Å². The number of piperidine rings is 1. The van der Waals surface area contributed by atoms with Gasteiger partial charge in [0.05, 0.1) is 19.4 Å². The van der Waals surface area contributed by atoms with Crippen molar-refractivity contribution in [3.8, 4) is 0 Å². The Kier molecular flexibility index (Phi) is 8.09. The molecule has 0 saturated carbocycles. The highest BCUT2D eigenvalue weighted by Gasteiger charge is 2.51.